The van der Waals surface area contributed by atoms with Gasteiger partial charge in [0.15, 0.2) is 0 Å². The molecule has 138 valence electrons. The zero-order chi connectivity index (χ0) is 15.3. The summed E-state index contributed by atoms with van der Waals surface area (Å²) < 4.78 is 5.32. The number of likely N-dealkylation sites (tertiary alicyclic amines) is 1. The first kappa shape index (κ1) is 22.8. The molecule has 2 rings (SSSR count). The third-order valence-electron chi connectivity index (χ3n) is 4.22. The van der Waals surface area contributed by atoms with E-state index in [4.69, 9.17) is 4.74 Å². The van der Waals surface area contributed by atoms with E-state index in [1.165, 1.54) is 25.9 Å². The minimum Gasteiger partial charge on any atom is -0.444 e. The Morgan fingerprint density at radius 3 is 2.39 bits per heavy atom. The number of carbonyl (C=O) groups excluding carboxylic acids is 1. The Labute approximate surface area is 153 Å². The Bertz CT molecular complexity index is 337. The second-order valence-corrected chi connectivity index (χ2v) is 7.43. The van der Waals surface area contributed by atoms with Crippen LogP contribution in [0.15, 0.2) is 0 Å². The van der Waals surface area contributed by atoms with Crippen LogP contribution >= 0.6 is 24.8 Å². The van der Waals surface area contributed by atoms with Gasteiger partial charge in [-0.2, -0.15) is 0 Å². The maximum Gasteiger partial charge on any atom is 0.407 e. The molecular formula is C16H33Cl2N3O2. The molecular weight excluding hydrogens is 337 g/mol. The minimum absolute atomic E-state index is 0. The van der Waals surface area contributed by atoms with Crippen LogP contribution in [0.1, 0.15) is 46.5 Å². The summed E-state index contributed by atoms with van der Waals surface area (Å²) in [6.45, 7) is 11.4. The van der Waals surface area contributed by atoms with Crippen molar-refractivity contribution in [3.8, 4) is 0 Å². The number of ether oxygens (including phenoxy) is 1. The number of nitrogens with one attached hydrogen (secondary N) is 2. The van der Waals surface area contributed by atoms with Crippen LogP contribution in [0.2, 0.25) is 0 Å². The number of nitrogens with zero attached hydrogens (tertiary/aromatic N) is 1. The van der Waals surface area contributed by atoms with Gasteiger partial charge in [-0.25, -0.2) is 4.79 Å². The van der Waals surface area contributed by atoms with Crippen LogP contribution in [0.4, 0.5) is 4.79 Å². The van der Waals surface area contributed by atoms with Gasteiger partial charge >= 0.3 is 6.09 Å². The molecule has 2 saturated heterocycles. The van der Waals surface area contributed by atoms with Crippen LogP contribution in [-0.4, -0.2) is 55.4 Å². The summed E-state index contributed by atoms with van der Waals surface area (Å²) in [6, 6.07) is 0.264. The molecule has 1 amide bonds. The van der Waals surface area contributed by atoms with E-state index in [2.05, 4.69) is 15.5 Å². The van der Waals surface area contributed by atoms with Gasteiger partial charge in [0.2, 0.25) is 0 Å². The fourth-order valence-electron chi connectivity index (χ4n) is 3.18. The molecule has 0 aromatic carbocycles. The Morgan fingerprint density at radius 2 is 1.87 bits per heavy atom. The van der Waals surface area contributed by atoms with Gasteiger partial charge in [-0.15, -0.1) is 24.8 Å². The average molecular weight is 370 g/mol. The number of carbonyl (C=O) groups is 1. The predicted octanol–water partition coefficient (Wildman–Crippen LogP) is 2.82. The molecule has 0 aromatic heterocycles. The third kappa shape index (κ3) is 8.99. The molecule has 0 saturated carbocycles. The van der Waals surface area contributed by atoms with Crippen LogP contribution in [0.25, 0.3) is 0 Å². The largest absolute Gasteiger partial charge is 0.444 e. The van der Waals surface area contributed by atoms with Crippen molar-refractivity contribution in [3.63, 3.8) is 0 Å². The summed E-state index contributed by atoms with van der Waals surface area (Å²) in [7, 11) is 0. The highest BCUT2D eigenvalue weighted by atomic mass is 35.5. The number of hydrogen-bond donors (Lipinski definition) is 2. The molecule has 7 heteroatoms. The number of piperidine rings is 2. The first-order valence-electron chi connectivity index (χ1n) is 8.35. The van der Waals surface area contributed by atoms with E-state index in [1.54, 1.807) is 0 Å². The van der Waals surface area contributed by atoms with Crippen LogP contribution < -0.4 is 10.6 Å². The van der Waals surface area contributed by atoms with Crippen molar-refractivity contribution >= 4 is 30.9 Å². The lowest BCUT2D eigenvalue weighted by molar-refractivity contribution is 0.0474. The van der Waals surface area contributed by atoms with Crippen molar-refractivity contribution in [1.29, 1.82) is 0 Å². The van der Waals surface area contributed by atoms with E-state index < -0.39 is 5.60 Å². The number of rotatable bonds is 3. The smallest absolute Gasteiger partial charge is 0.407 e. The molecule has 1 atom stereocenters. The van der Waals surface area contributed by atoms with Crippen LogP contribution in [-0.2, 0) is 4.74 Å². The van der Waals surface area contributed by atoms with E-state index >= 15 is 0 Å². The molecule has 2 N–H and O–H groups in total. The maximum atomic E-state index is 11.8. The topological polar surface area (TPSA) is 53.6 Å². The van der Waals surface area contributed by atoms with Crippen molar-refractivity contribution in [2.45, 2.75) is 58.1 Å². The molecule has 0 aromatic rings. The SMILES string of the molecule is CC(C)(C)OC(=O)NC1CCN(CC2CCCNC2)CC1.Cl.Cl. The van der Waals surface area contributed by atoms with E-state index in [0.717, 1.165) is 38.4 Å². The molecule has 0 bridgehead atoms. The van der Waals surface area contributed by atoms with Crippen molar-refractivity contribution in [1.82, 2.24) is 15.5 Å². The quantitative estimate of drug-likeness (QED) is 0.802. The number of hydrogen-bond acceptors (Lipinski definition) is 4. The standard InChI is InChI=1S/C16H31N3O2.2ClH/c1-16(2,3)21-15(20)18-14-6-9-19(10-7-14)12-13-5-4-8-17-11-13;;/h13-14,17H,4-12H2,1-3H3,(H,18,20);2*1H. The van der Waals surface area contributed by atoms with Gasteiger partial charge in [0, 0.05) is 25.7 Å². The molecule has 2 heterocycles. The number of halogens is 2. The highest BCUT2D eigenvalue weighted by molar-refractivity contribution is 5.85. The molecule has 0 radical (unpaired) electrons. The molecule has 0 spiro atoms. The van der Waals surface area contributed by atoms with Crippen LogP contribution in [0.3, 0.4) is 0 Å². The van der Waals surface area contributed by atoms with Gasteiger partial charge in [0.25, 0.3) is 0 Å². The second-order valence-electron chi connectivity index (χ2n) is 7.43. The highest BCUT2D eigenvalue weighted by Gasteiger charge is 2.25. The average Bonchev–Trinajstić information content (AvgIpc) is 2.40. The van der Waals surface area contributed by atoms with E-state index in [9.17, 15) is 4.79 Å². The maximum absolute atomic E-state index is 11.8. The van der Waals surface area contributed by atoms with Crippen molar-refractivity contribution in [3.05, 3.63) is 0 Å². The zero-order valence-electron chi connectivity index (χ0n) is 14.6. The lowest BCUT2D eigenvalue weighted by atomic mass is 9.97. The van der Waals surface area contributed by atoms with Crippen molar-refractivity contribution < 1.29 is 9.53 Å². The molecule has 0 aliphatic carbocycles. The minimum atomic E-state index is -0.418. The van der Waals surface area contributed by atoms with Crippen LogP contribution in [0, 0.1) is 5.92 Å². The summed E-state index contributed by atoms with van der Waals surface area (Å²) >= 11 is 0. The third-order valence-corrected chi connectivity index (χ3v) is 4.22. The van der Waals surface area contributed by atoms with E-state index in [1.807, 2.05) is 20.8 Å². The predicted molar refractivity (Wildman–Crippen MR) is 98.9 cm³/mol. The Morgan fingerprint density at radius 1 is 1.22 bits per heavy atom. The first-order valence-corrected chi connectivity index (χ1v) is 8.35. The normalized spacial score (nSPS) is 23.3. The summed E-state index contributed by atoms with van der Waals surface area (Å²) in [6.07, 6.45) is 4.43. The molecule has 2 aliphatic heterocycles. The summed E-state index contributed by atoms with van der Waals surface area (Å²) in [5.41, 5.74) is -0.418. The van der Waals surface area contributed by atoms with Gasteiger partial charge in [-0.05, 0) is 65.5 Å². The molecule has 2 fully saturated rings. The summed E-state index contributed by atoms with van der Waals surface area (Å²) in [5, 5.41) is 6.48. The Hall–Kier alpha value is -0.230. The summed E-state index contributed by atoms with van der Waals surface area (Å²) in [5.74, 6) is 0.800. The number of amides is 1. The van der Waals surface area contributed by atoms with Gasteiger partial charge in [-0.3, -0.25) is 0 Å². The van der Waals surface area contributed by atoms with Crippen LogP contribution in [0.5, 0.6) is 0 Å². The van der Waals surface area contributed by atoms with Gasteiger partial charge in [0.1, 0.15) is 5.60 Å². The van der Waals surface area contributed by atoms with Gasteiger partial charge < -0.3 is 20.3 Å². The van der Waals surface area contributed by atoms with Crippen molar-refractivity contribution in [2.75, 3.05) is 32.7 Å². The molecule has 1 unspecified atom stereocenters. The monoisotopic (exact) mass is 369 g/mol. The van der Waals surface area contributed by atoms with Gasteiger partial charge in [0.05, 0.1) is 0 Å². The highest BCUT2D eigenvalue weighted by Crippen LogP contribution is 2.17. The second kappa shape index (κ2) is 10.6. The van der Waals surface area contributed by atoms with E-state index in [0.29, 0.717) is 0 Å². The number of alkyl carbamates (subject to hydrolysis) is 1. The fourth-order valence-corrected chi connectivity index (χ4v) is 3.18. The Kier molecular flexibility index (Phi) is 10.5. The molecule has 2 aliphatic rings. The fraction of sp³-hybridized carbons (Fsp3) is 0.938. The Balaban J connectivity index is 0.00000242. The zero-order valence-corrected chi connectivity index (χ0v) is 16.2. The summed E-state index contributed by atoms with van der Waals surface area (Å²) in [4.78, 5) is 14.3. The molecule has 23 heavy (non-hydrogen) atoms. The molecule has 5 nitrogen and oxygen atoms in total. The van der Waals surface area contributed by atoms with E-state index in [-0.39, 0.29) is 36.9 Å². The lowest BCUT2D eigenvalue weighted by Crippen LogP contribution is -2.48. The first-order chi connectivity index (χ1) is 9.92. The lowest BCUT2D eigenvalue weighted by Gasteiger charge is -2.35. The van der Waals surface area contributed by atoms with Crippen molar-refractivity contribution in [2.24, 2.45) is 5.92 Å². The van der Waals surface area contributed by atoms with Gasteiger partial charge in [-0.1, -0.05) is 0 Å².